The van der Waals surface area contributed by atoms with Gasteiger partial charge in [-0.05, 0) is 50.1 Å². The Bertz CT molecular complexity index is 772. The molecule has 1 amide bonds. The average Bonchev–Trinajstić information content (AvgIpc) is 3.53. The highest BCUT2D eigenvalue weighted by atomic mass is 16.5. The molecule has 1 saturated heterocycles. The van der Waals surface area contributed by atoms with Crippen LogP contribution in [0.25, 0.3) is 11.3 Å². The Morgan fingerprint density at radius 3 is 2.67 bits per heavy atom. The summed E-state index contributed by atoms with van der Waals surface area (Å²) in [5.41, 5.74) is 8.02. The molecule has 2 heterocycles. The molecule has 2 fully saturated rings. The normalized spacial score (nSPS) is 19.7. The third kappa shape index (κ3) is 4.43. The van der Waals surface area contributed by atoms with E-state index >= 15 is 0 Å². The van der Waals surface area contributed by atoms with Crippen LogP contribution in [0.2, 0.25) is 0 Å². The summed E-state index contributed by atoms with van der Waals surface area (Å²) < 4.78 is 5.65. The van der Waals surface area contributed by atoms with Crippen molar-refractivity contribution in [2.24, 2.45) is 5.73 Å². The van der Waals surface area contributed by atoms with E-state index in [1.54, 1.807) is 0 Å². The Hall–Kier alpha value is -2.51. The summed E-state index contributed by atoms with van der Waals surface area (Å²) in [7, 11) is 0. The van der Waals surface area contributed by atoms with Crippen molar-refractivity contribution < 1.29 is 9.53 Å². The highest BCUT2D eigenvalue weighted by molar-refractivity contribution is 5.94. The lowest BCUT2D eigenvalue weighted by Crippen LogP contribution is -2.46. The third-order valence-electron chi connectivity index (χ3n) is 4.94. The Balaban J connectivity index is 1.41. The van der Waals surface area contributed by atoms with Crippen molar-refractivity contribution >= 4 is 11.7 Å². The summed E-state index contributed by atoms with van der Waals surface area (Å²) in [5.74, 6) is 0.842. The van der Waals surface area contributed by atoms with Gasteiger partial charge < -0.3 is 20.7 Å². The second kappa shape index (κ2) is 8.02. The van der Waals surface area contributed by atoms with Crippen LogP contribution < -0.4 is 11.1 Å². The molecule has 7 heteroatoms. The number of aromatic nitrogens is 2. The van der Waals surface area contributed by atoms with Gasteiger partial charge in [0.05, 0.1) is 18.4 Å². The zero-order valence-electron chi connectivity index (χ0n) is 15.3. The Morgan fingerprint density at radius 1 is 1.19 bits per heavy atom. The molecule has 27 heavy (non-hydrogen) atoms. The molecular weight excluding hydrogens is 342 g/mol. The van der Waals surface area contributed by atoms with Crippen molar-refractivity contribution in [1.29, 1.82) is 0 Å². The number of benzene rings is 1. The molecule has 1 aliphatic heterocycles. The predicted octanol–water partition coefficient (Wildman–Crippen LogP) is 1.91. The van der Waals surface area contributed by atoms with Crippen LogP contribution in [0.1, 0.15) is 29.6 Å². The van der Waals surface area contributed by atoms with E-state index in [-0.39, 0.29) is 12.0 Å². The van der Waals surface area contributed by atoms with Crippen molar-refractivity contribution in [3.63, 3.8) is 0 Å². The van der Waals surface area contributed by atoms with Gasteiger partial charge in [0.15, 0.2) is 0 Å². The van der Waals surface area contributed by atoms with Crippen LogP contribution in [0, 0.1) is 0 Å². The molecule has 0 spiro atoms. The van der Waals surface area contributed by atoms with E-state index in [2.05, 4.69) is 15.5 Å². The molecule has 4 rings (SSSR count). The number of hydrogen-bond acceptors (Lipinski definition) is 6. The minimum Gasteiger partial charge on any atom is -0.374 e. The molecule has 3 N–H and O–H groups in total. The molecule has 1 aliphatic carbocycles. The van der Waals surface area contributed by atoms with E-state index in [1.165, 1.54) is 12.8 Å². The number of hydrogen-bond donors (Lipinski definition) is 2. The zero-order chi connectivity index (χ0) is 18.6. The molecule has 0 bridgehead atoms. The fourth-order valence-corrected chi connectivity index (χ4v) is 3.23. The largest absolute Gasteiger partial charge is 0.374 e. The van der Waals surface area contributed by atoms with Gasteiger partial charge >= 0.3 is 0 Å². The first-order valence-corrected chi connectivity index (χ1v) is 9.54. The van der Waals surface area contributed by atoms with E-state index < -0.39 is 0 Å². The minimum atomic E-state index is 0.0296. The number of carbonyl (C=O) groups excluding carboxylic acids is 1. The Kier molecular flexibility index (Phi) is 5.31. The van der Waals surface area contributed by atoms with Crippen LogP contribution in [0.3, 0.4) is 0 Å². The van der Waals surface area contributed by atoms with E-state index in [0.29, 0.717) is 37.8 Å². The highest BCUT2D eigenvalue weighted by Crippen LogP contribution is 2.24. The Morgan fingerprint density at radius 2 is 2.00 bits per heavy atom. The summed E-state index contributed by atoms with van der Waals surface area (Å²) in [6.07, 6.45) is 3.21. The van der Waals surface area contributed by atoms with Gasteiger partial charge in [0, 0.05) is 30.3 Å². The number of anilines is 1. The lowest BCUT2D eigenvalue weighted by Gasteiger charge is -2.33. The zero-order valence-corrected chi connectivity index (χ0v) is 15.3. The van der Waals surface area contributed by atoms with E-state index in [0.717, 1.165) is 23.5 Å². The summed E-state index contributed by atoms with van der Waals surface area (Å²) in [4.78, 5) is 14.6. The molecule has 2 aromatic rings. The van der Waals surface area contributed by atoms with Gasteiger partial charge in [-0.2, -0.15) is 0 Å². The fourth-order valence-electron chi connectivity index (χ4n) is 3.23. The van der Waals surface area contributed by atoms with E-state index in [1.807, 2.05) is 41.3 Å². The van der Waals surface area contributed by atoms with Crippen molar-refractivity contribution in [1.82, 2.24) is 15.1 Å². The van der Waals surface area contributed by atoms with Crippen LogP contribution in [0.4, 0.5) is 5.82 Å². The first-order valence-electron chi connectivity index (χ1n) is 9.54. The fraction of sp³-hybridized carbons (Fsp3) is 0.450. The molecule has 7 nitrogen and oxygen atoms in total. The smallest absolute Gasteiger partial charge is 0.254 e. The molecule has 1 saturated carbocycles. The number of nitrogens with zero attached hydrogens (tertiary/aromatic N) is 3. The Labute approximate surface area is 158 Å². The van der Waals surface area contributed by atoms with Gasteiger partial charge in [0.25, 0.3) is 5.91 Å². The number of nitrogens with two attached hydrogens (primary N) is 1. The van der Waals surface area contributed by atoms with Crippen molar-refractivity contribution in [3.8, 4) is 11.3 Å². The second-order valence-corrected chi connectivity index (χ2v) is 7.12. The van der Waals surface area contributed by atoms with Gasteiger partial charge in [0.2, 0.25) is 0 Å². The second-order valence-electron chi connectivity index (χ2n) is 7.12. The van der Waals surface area contributed by atoms with Gasteiger partial charge in [-0.3, -0.25) is 4.79 Å². The number of nitrogens with one attached hydrogen (secondary N) is 1. The highest BCUT2D eigenvalue weighted by Gasteiger charge is 2.24. The minimum absolute atomic E-state index is 0.0296. The lowest BCUT2D eigenvalue weighted by atomic mass is 10.1. The van der Waals surface area contributed by atoms with Crippen LogP contribution >= 0.6 is 0 Å². The van der Waals surface area contributed by atoms with Gasteiger partial charge in [-0.1, -0.05) is 12.1 Å². The molecule has 1 atom stereocenters. The topological polar surface area (TPSA) is 93.4 Å². The quantitative estimate of drug-likeness (QED) is 0.810. The molecule has 1 aromatic carbocycles. The van der Waals surface area contributed by atoms with Crippen molar-refractivity contribution in [2.45, 2.75) is 31.4 Å². The number of morpholine rings is 1. The number of rotatable bonds is 6. The summed E-state index contributed by atoms with van der Waals surface area (Å²) in [6, 6.07) is 12.0. The van der Waals surface area contributed by atoms with Gasteiger partial charge in [0.1, 0.15) is 5.82 Å². The van der Waals surface area contributed by atoms with Crippen LogP contribution in [-0.4, -0.2) is 59.4 Å². The number of amides is 1. The van der Waals surface area contributed by atoms with Crippen molar-refractivity contribution in [3.05, 3.63) is 42.0 Å². The summed E-state index contributed by atoms with van der Waals surface area (Å²) >= 11 is 0. The van der Waals surface area contributed by atoms with E-state index in [9.17, 15) is 4.79 Å². The lowest BCUT2D eigenvalue weighted by molar-refractivity contribution is -0.0236. The maximum absolute atomic E-state index is 12.8. The monoisotopic (exact) mass is 367 g/mol. The van der Waals surface area contributed by atoms with Gasteiger partial charge in [-0.15, -0.1) is 10.2 Å². The summed E-state index contributed by atoms with van der Waals surface area (Å²) in [6.45, 7) is 2.34. The molecular formula is C20H25N5O2. The maximum atomic E-state index is 12.8. The van der Waals surface area contributed by atoms with Crippen LogP contribution in [0.15, 0.2) is 36.4 Å². The maximum Gasteiger partial charge on any atom is 0.254 e. The van der Waals surface area contributed by atoms with Gasteiger partial charge in [-0.25, -0.2) is 0 Å². The molecule has 1 aromatic heterocycles. The third-order valence-corrected chi connectivity index (χ3v) is 4.94. The molecule has 0 unspecified atom stereocenters. The van der Waals surface area contributed by atoms with Crippen molar-refractivity contribution in [2.75, 3.05) is 31.6 Å². The first kappa shape index (κ1) is 17.9. The standard InChI is InChI=1S/C20H25N5O2/c21-10-9-17-13-25(11-12-27-17)20(26)15-3-1-14(2-4-15)18-7-8-19(24-23-18)22-16-5-6-16/h1-4,7-8,16-17H,5-6,9-13,21H2,(H,22,24)/t17-/m1/s1. The SMILES string of the molecule is NCC[C@@H]1CN(C(=O)c2ccc(-c3ccc(NC4CC4)nn3)cc2)CCO1. The first-order chi connectivity index (χ1) is 13.2. The number of carbonyl (C=O) groups is 1. The molecule has 0 radical (unpaired) electrons. The molecule has 2 aliphatic rings. The van der Waals surface area contributed by atoms with Crippen LogP contribution in [-0.2, 0) is 4.74 Å². The van der Waals surface area contributed by atoms with Crippen LogP contribution in [0.5, 0.6) is 0 Å². The van der Waals surface area contributed by atoms with E-state index in [4.69, 9.17) is 10.5 Å². The molecule has 142 valence electrons. The average molecular weight is 367 g/mol. The number of ether oxygens (including phenoxy) is 1. The predicted molar refractivity (Wildman–Crippen MR) is 103 cm³/mol. The summed E-state index contributed by atoms with van der Waals surface area (Å²) in [5, 5.41) is 11.8.